The Kier molecular flexibility index (Phi) is 5.92. The second-order valence-electron chi connectivity index (χ2n) is 6.54. The number of halogens is 1. The van der Waals surface area contributed by atoms with Crippen molar-refractivity contribution in [1.29, 1.82) is 0 Å². The van der Waals surface area contributed by atoms with E-state index >= 15 is 0 Å². The third-order valence-corrected chi connectivity index (χ3v) is 5.12. The van der Waals surface area contributed by atoms with E-state index in [0.29, 0.717) is 12.0 Å². The van der Waals surface area contributed by atoms with Crippen LogP contribution in [0.5, 0.6) is 0 Å². The van der Waals surface area contributed by atoms with Gasteiger partial charge in [-0.2, -0.15) is 0 Å². The highest BCUT2D eigenvalue weighted by atomic mass is 35.5. The molecule has 0 bridgehead atoms. The predicted octanol–water partition coefficient (Wildman–Crippen LogP) is 5.25. The highest BCUT2D eigenvalue weighted by molar-refractivity contribution is 6.31. The van der Waals surface area contributed by atoms with Crippen LogP contribution in [0.4, 0.5) is 0 Å². The Balaban J connectivity index is 2.15. The average Bonchev–Trinajstić information content (AvgIpc) is 2.45. The van der Waals surface area contributed by atoms with Crippen LogP contribution in [0.25, 0.3) is 0 Å². The summed E-state index contributed by atoms with van der Waals surface area (Å²) in [6, 6.07) is 9.00. The van der Waals surface area contributed by atoms with Crippen molar-refractivity contribution >= 4 is 11.6 Å². The molecule has 0 aromatic heterocycles. The van der Waals surface area contributed by atoms with Gasteiger partial charge in [-0.1, -0.05) is 63.4 Å². The van der Waals surface area contributed by atoms with E-state index in [-0.39, 0.29) is 0 Å². The molecule has 0 amide bonds. The third kappa shape index (κ3) is 3.99. The Morgan fingerprint density at radius 3 is 2.65 bits per heavy atom. The lowest BCUT2D eigenvalue weighted by molar-refractivity contribution is 0.222. The molecule has 0 radical (unpaired) electrons. The molecule has 2 rings (SSSR count). The predicted molar refractivity (Wildman–Crippen MR) is 88.5 cm³/mol. The standard InChI is InChI=1S/C18H28ClN/c1-4-14-9-10-15(12-20-13(2)3)17(11-14)16-7-5-6-8-18(16)19/h5-8,13-15,17,20H,4,9-12H2,1-3H3. The van der Waals surface area contributed by atoms with Gasteiger partial charge in [0, 0.05) is 11.1 Å². The maximum absolute atomic E-state index is 6.46. The van der Waals surface area contributed by atoms with E-state index in [9.17, 15) is 0 Å². The number of hydrogen-bond donors (Lipinski definition) is 1. The van der Waals surface area contributed by atoms with Gasteiger partial charge in [-0.3, -0.25) is 0 Å². The van der Waals surface area contributed by atoms with Crippen molar-refractivity contribution in [1.82, 2.24) is 5.32 Å². The van der Waals surface area contributed by atoms with Gasteiger partial charge in [0.1, 0.15) is 0 Å². The zero-order valence-electron chi connectivity index (χ0n) is 13.0. The number of nitrogens with one attached hydrogen (secondary N) is 1. The van der Waals surface area contributed by atoms with Crippen molar-refractivity contribution in [2.45, 2.75) is 58.4 Å². The summed E-state index contributed by atoms with van der Waals surface area (Å²) < 4.78 is 0. The SMILES string of the molecule is CCC1CCC(CNC(C)C)C(c2ccccc2Cl)C1. The Morgan fingerprint density at radius 2 is 2.00 bits per heavy atom. The molecule has 0 spiro atoms. The summed E-state index contributed by atoms with van der Waals surface area (Å²) in [7, 11) is 0. The lowest BCUT2D eigenvalue weighted by atomic mass is 9.70. The van der Waals surface area contributed by atoms with Crippen molar-refractivity contribution in [3.8, 4) is 0 Å². The quantitative estimate of drug-likeness (QED) is 0.782. The molecule has 0 saturated heterocycles. The van der Waals surface area contributed by atoms with Crippen molar-refractivity contribution in [2.24, 2.45) is 11.8 Å². The average molecular weight is 294 g/mol. The molecule has 0 heterocycles. The minimum atomic E-state index is 0.561. The highest BCUT2D eigenvalue weighted by Gasteiger charge is 2.31. The van der Waals surface area contributed by atoms with E-state index in [1.165, 1.54) is 31.2 Å². The van der Waals surface area contributed by atoms with E-state index in [4.69, 9.17) is 11.6 Å². The van der Waals surface area contributed by atoms with Crippen LogP contribution in [0, 0.1) is 11.8 Å². The van der Waals surface area contributed by atoms with Crippen LogP contribution in [-0.4, -0.2) is 12.6 Å². The van der Waals surface area contributed by atoms with Gasteiger partial charge in [-0.05, 0) is 48.8 Å². The van der Waals surface area contributed by atoms with E-state index in [1.807, 2.05) is 12.1 Å². The lowest BCUT2D eigenvalue weighted by Crippen LogP contribution is -2.35. The normalized spacial score (nSPS) is 26.9. The molecule has 3 atom stereocenters. The maximum atomic E-state index is 6.46. The molecule has 1 N–H and O–H groups in total. The second-order valence-corrected chi connectivity index (χ2v) is 6.95. The van der Waals surface area contributed by atoms with Gasteiger partial charge in [-0.25, -0.2) is 0 Å². The molecule has 20 heavy (non-hydrogen) atoms. The highest BCUT2D eigenvalue weighted by Crippen LogP contribution is 2.43. The van der Waals surface area contributed by atoms with Crippen LogP contribution in [0.15, 0.2) is 24.3 Å². The fourth-order valence-electron chi connectivity index (χ4n) is 3.48. The summed E-state index contributed by atoms with van der Waals surface area (Å²) in [6.07, 6.45) is 5.30. The van der Waals surface area contributed by atoms with Gasteiger partial charge in [0.25, 0.3) is 0 Å². The van der Waals surface area contributed by atoms with Gasteiger partial charge in [0.15, 0.2) is 0 Å². The zero-order valence-corrected chi connectivity index (χ0v) is 13.8. The minimum absolute atomic E-state index is 0.561. The summed E-state index contributed by atoms with van der Waals surface area (Å²) in [4.78, 5) is 0. The van der Waals surface area contributed by atoms with Gasteiger partial charge in [0.2, 0.25) is 0 Å². The first-order valence-electron chi connectivity index (χ1n) is 8.09. The van der Waals surface area contributed by atoms with Crippen LogP contribution in [0.3, 0.4) is 0 Å². The van der Waals surface area contributed by atoms with Gasteiger partial charge in [-0.15, -0.1) is 0 Å². The summed E-state index contributed by atoms with van der Waals surface area (Å²) >= 11 is 6.46. The molecule has 112 valence electrons. The Bertz CT molecular complexity index is 416. The third-order valence-electron chi connectivity index (χ3n) is 4.77. The molecule has 1 aromatic carbocycles. The fraction of sp³-hybridized carbons (Fsp3) is 0.667. The van der Waals surface area contributed by atoms with E-state index in [2.05, 4.69) is 38.2 Å². The molecule has 2 heteroatoms. The van der Waals surface area contributed by atoms with Crippen LogP contribution in [0.2, 0.25) is 5.02 Å². The molecular weight excluding hydrogens is 266 g/mol. The Labute approximate surface area is 129 Å². The topological polar surface area (TPSA) is 12.0 Å². The Hall–Kier alpha value is -0.530. The number of rotatable bonds is 5. The van der Waals surface area contributed by atoms with Gasteiger partial charge in [0.05, 0.1) is 0 Å². The lowest BCUT2D eigenvalue weighted by Gasteiger charge is -2.37. The van der Waals surface area contributed by atoms with Crippen molar-refractivity contribution < 1.29 is 0 Å². The smallest absolute Gasteiger partial charge is 0.0440 e. The minimum Gasteiger partial charge on any atom is -0.314 e. The molecule has 1 aliphatic carbocycles. The molecule has 3 unspecified atom stereocenters. The van der Waals surface area contributed by atoms with Crippen LogP contribution in [-0.2, 0) is 0 Å². The maximum Gasteiger partial charge on any atom is 0.0440 e. The molecule has 1 saturated carbocycles. The summed E-state index contributed by atoms with van der Waals surface area (Å²) in [6.45, 7) is 7.88. The number of benzene rings is 1. The second kappa shape index (κ2) is 7.47. The molecule has 1 aliphatic rings. The van der Waals surface area contributed by atoms with Crippen molar-refractivity contribution in [3.63, 3.8) is 0 Å². The van der Waals surface area contributed by atoms with E-state index in [1.54, 1.807) is 0 Å². The van der Waals surface area contributed by atoms with Gasteiger partial charge >= 0.3 is 0 Å². The number of hydrogen-bond acceptors (Lipinski definition) is 1. The molecule has 1 nitrogen and oxygen atoms in total. The molecular formula is C18H28ClN. The first-order valence-corrected chi connectivity index (χ1v) is 8.47. The van der Waals surface area contributed by atoms with Crippen LogP contribution < -0.4 is 5.32 Å². The molecule has 0 aliphatic heterocycles. The summed E-state index contributed by atoms with van der Waals surface area (Å²) in [5, 5.41) is 4.57. The largest absolute Gasteiger partial charge is 0.314 e. The Morgan fingerprint density at radius 1 is 1.25 bits per heavy atom. The zero-order chi connectivity index (χ0) is 14.5. The van der Waals surface area contributed by atoms with E-state index in [0.717, 1.165) is 23.4 Å². The summed E-state index contributed by atoms with van der Waals surface area (Å²) in [5.74, 6) is 2.21. The van der Waals surface area contributed by atoms with E-state index < -0.39 is 0 Å². The monoisotopic (exact) mass is 293 g/mol. The van der Waals surface area contributed by atoms with Crippen molar-refractivity contribution in [2.75, 3.05) is 6.54 Å². The van der Waals surface area contributed by atoms with Crippen molar-refractivity contribution in [3.05, 3.63) is 34.9 Å². The first kappa shape index (κ1) is 15.9. The summed E-state index contributed by atoms with van der Waals surface area (Å²) in [5.41, 5.74) is 1.36. The molecule has 1 fully saturated rings. The van der Waals surface area contributed by atoms with Crippen LogP contribution in [0.1, 0.15) is 57.9 Å². The first-order chi connectivity index (χ1) is 9.61. The fourth-order valence-corrected chi connectivity index (χ4v) is 3.76. The van der Waals surface area contributed by atoms with Gasteiger partial charge < -0.3 is 5.32 Å². The molecule has 1 aromatic rings. The van der Waals surface area contributed by atoms with Crippen LogP contribution >= 0.6 is 11.6 Å².